The Bertz CT molecular complexity index is 750. The van der Waals surface area contributed by atoms with Crippen molar-refractivity contribution in [1.29, 1.82) is 0 Å². The number of allylic oxidation sites excluding steroid dienone is 1. The van der Waals surface area contributed by atoms with Crippen molar-refractivity contribution in [2.45, 2.75) is 33.1 Å². The van der Waals surface area contributed by atoms with Crippen molar-refractivity contribution in [3.05, 3.63) is 59.4 Å². The first kappa shape index (κ1) is 19.8. The molecular formula is C20H24ClN3O2. The van der Waals surface area contributed by atoms with E-state index in [-0.39, 0.29) is 0 Å². The number of benzene rings is 1. The van der Waals surface area contributed by atoms with Gasteiger partial charge in [0.1, 0.15) is 6.29 Å². The van der Waals surface area contributed by atoms with E-state index in [0.717, 1.165) is 36.1 Å². The Labute approximate surface area is 159 Å². The predicted octanol–water partition coefficient (Wildman–Crippen LogP) is 5.16. The maximum absolute atomic E-state index is 10.8. The summed E-state index contributed by atoms with van der Waals surface area (Å²) in [5.41, 5.74) is 5.66. The van der Waals surface area contributed by atoms with Crippen molar-refractivity contribution in [3.63, 3.8) is 0 Å². The maximum atomic E-state index is 10.8. The monoisotopic (exact) mass is 373 g/mol. The largest absolute Gasteiger partial charge is 0.379 e. The molecule has 2 aromatic rings. The Kier molecular flexibility index (Phi) is 7.48. The van der Waals surface area contributed by atoms with Crippen LogP contribution in [0.15, 0.2) is 48.8 Å². The summed E-state index contributed by atoms with van der Waals surface area (Å²) in [4.78, 5) is 22.6. The lowest BCUT2D eigenvalue weighted by atomic mass is 10.1. The van der Waals surface area contributed by atoms with E-state index >= 15 is 0 Å². The molecule has 26 heavy (non-hydrogen) atoms. The van der Waals surface area contributed by atoms with Crippen LogP contribution in [0.4, 0.5) is 11.5 Å². The quantitative estimate of drug-likeness (QED) is 0.460. The van der Waals surface area contributed by atoms with Crippen molar-refractivity contribution in [1.82, 2.24) is 4.98 Å². The molecule has 0 aliphatic heterocycles. The van der Waals surface area contributed by atoms with Gasteiger partial charge in [0, 0.05) is 30.5 Å². The summed E-state index contributed by atoms with van der Waals surface area (Å²) in [6.07, 6.45) is 4.86. The second-order valence-corrected chi connectivity index (χ2v) is 6.32. The fraction of sp³-hybridized carbons (Fsp3) is 0.300. The van der Waals surface area contributed by atoms with Gasteiger partial charge in [-0.1, -0.05) is 37.6 Å². The van der Waals surface area contributed by atoms with Crippen LogP contribution in [0, 0.1) is 6.92 Å². The molecule has 0 spiro atoms. The molecule has 1 heterocycles. The number of anilines is 2. The second kappa shape index (κ2) is 9.82. The fourth-order valence-electron chi connectivity index (χ4n) is 2.60. The van der Waals surface area contributed by atoms with Crippen LogP contribution in [-0.2, 0) is 4.79 Å². The molecule has 1 aromatic heterocycles. The van der Waals surface area contributed by atoms with Crippen LogP contribution >= 0.6 is 11.6 Å². The van der Waals surface area contributed by atoms with E-state index in [9.17, 15) is 4.79 Å². The van der Waals surface area contributed by atoms with Gasteiger partial charge >= 0.3 is 0 Å². The molecule has 2 rings (SSSR count). The van der Waals surface area contributed by atoms with E-state index < -0.39 is 0 Å². The molecule has 0 amide bonds. The van der Waals surface area contributed by atoms with Gasteiger partial charge in [0.2, 0.25) is 0 Å². The summed E-state index contributed by atoms with van der Waals surface area (Å²) >= 11 is 6.42. The SMILES string of the molecule is C=C(CCC)N(CCC=O)c1cc(Cl)c(ONc2ccccn2)cc1C. The Morgan fingerprint density at radius 2 is 2.23 bits per heavy atom. The molecule has 0 saturated heterocycles. The molecule has 0 atom stereocenters. The number of rotatable bonds is 10. The highest BCUT2D eigenvalue weighted by Gasteiger charge is 2.16. The van der Waals surface area contributed by atoms with Crippen LogP contribution in [-0.4, -0.2) is 17.8 Å². The topological polar surface area (TPSA) is 54.5 Å². The minimum Gasteiger partial charge on any atom is -0.379 e. The molecule has 6 heteroatoms. The van der Waals surface area contributed by atoms with Gasteiger partial charge in [0.05, 0.1) is 5.02 Å². The first-order valence-corrected chi connectivity index (χ1v) is 8.97. The maximum Gasteiger partial charge on any atom is 0.174 e. The van der Waals surface area contributed by atoms with Gasteiger partial charge < -0.3 is 14.5 Å². The number of nitrogens with one attached hydrogen (secondary N) is 1. The van der Waals surface area contributed by atoms with E-state index in [1.807, 2.05) is 31.2 Å². The summed E-state index contributed by atoms with van der Waals surface area (Å²) < 4.78 is 0. The number of aromatic nitrogens is 1. The molecule has 0 saturated carbocycles. The Morgan fingerprint density at radius 1 is 1.42 bits per heavy atom. The summed E-state index contributed by atoms with van der Waals surface area (Å²) in [6.45, 7) is 8.81. The van der Waals surface area contributed by atoms with Crippen molar-refractivity contribution in [2.24, 2.45) is 0 Å². The molecule has 5 nitrogen and oxygen atoms in total. The third-order valence-corrected chi connectivity index (χ3v) is 4.16. The number of hydrogen-bond acceptors (Lipinski definition) is 5. The Balaban J connectivity index is 2.22. The van der Waals surface area contributed by atoms with Gasteiger partial charge in [-0.05, 0) is 43.2 Å². The third kappa shape index (κ3) is 5.23. The summed E-state index contributed by atoms with van der Waals surface area (Å²) in [5.74, 6) is 1.10. The zero-order valence-electron chi connectivity index (χ0n) is 15.2. The van der Waals surface area contributed by atoms with Gasteiger partial charge in [-0.2, -0.15) is 0 Å². The summed E-state index contributed by atoms with van der Waals surface area (Å²) in [5, 5.41) is 0.467. The first-order valence-electron chi connectivity index (χ1n) is 8.59. The molecule has 1 aromatic carbocycles. The van der Waals surface area contributed by atoms with Crippen LogP contribution in [0.25, 0.3) is 0 Å². The number of aryl methyl sites for hydroxylation is 1. The molecule has 0 radical (unpaired) electrons. The number of pyridine rings is 1. The zero-order chi connectivity index (χ0) is 18.9. The van der Waals surface area contributed by atoms with Crippen molar-refractivity contribution >= 4 is 29.4 Å². The lowest BCUT2D eigenvalue weighted by molar-refractivity contribution is -0.107. The smallest absolute Gasteiger partial charge is 0.174 e. The van der Waals surface area contributed by atoms with Crippen molar-refractivity contribution in [3.8, 4) is 5.75 Å². The Hall–Kier alpha value is -2.53. The molecule has 1 N–H and O–H groups in total. The number of carbonyl (C=O) groups excluding carboxylic acids is 1. The number of carbonyl (C=O) groups is 1. The van der Waals surface area contributed by atoms with E-state index in [2.05, 4.69) is 28.9 Å². The molecule has 138 valence electrons. The van der Waals surface area contributed by atoms with E-state index in [4.69, 9.17) is 16.4 Å². The third-order valence-electron chi connectivity index (χ3n) is 3.86. The number of halogens is 1. The molecule has 0 fully saturated rings. The summed E-state index contributed by atoms with van der Waals surface area (Å²) in [6, 6.07) is 9.19. The van der Waals surface area contributed by atoms with Gasteiger partial charge in [-0.3, -0.25) is 0 Å². The second-order valence-electron chi connectivity index (χ2n) is 5.91. The average Bonchev–Trinajstić information content (AvgIpc) is 2.64. The van der Waals surface area contributed by atoms with Crippen LogP contribution in [0.1, 0.15) is 31.7 Å². The number of hydrogen-bond donors (Lipinski definition) is 1. The standard InChI is InChI=1S/C20H24ClN3O2/c1-4-8-16(3)24(11-7-12-25)18-14-17(21)19(13-15(18)2)26-23-20-9-5-6-10-22-20/h5-6,9-10,12-14H,3-4,7-8,11H2,1-2H3,(H,22,23). The van der Waals surface area contributed by atoms with Crippen molar-refractivity contribution in [2.75, 3.05) is 16.9 Å². The minimum absolute atomic E-state index is 0.430. The predicted molar refractivity (Wildman–Crippen MR) is 107 cm³/mol. The van der Waals surface area contributed by atoms with Gasteiger partial charge in [0.25, 0.3) is 0 Å². The fourth-order valence-corrected chi connectivity index (χ4v) is 2.79. The van der Waals surface area contributed by atoms with Crippen LogP contribution in [0.5, 0.6) is 5.75 Å². The van der Waals surface area contributed by atoms with Crippen molar-refractivity contribution < 1.29 is 9.63 Å². The van der Waals surface area contributed by atoms with Gasteiger partial charge in [-0.25, -0.2) is 10.5 Å². The van der Waals surface area contributed by atoms with E-state index in [1.54, 1.807) is 12.3 Å². The van der Waals surface area contributed by atoms with E-state index in [1.165, 1.54) is 0 Å². The lowest BCUT2D eigenvalue weighted by Crippen LogP contribution is -2.24. The molecule has 0 bridgehead atoms. The number of nitrogens with zero attached hydrogens (tertiary/aromatic N) is 2. The minimum atomic E-state index is 0.430. The zero-order valence-corrected chi connectivity index (χ0v) is 15.9. The molecule has 0 aliphatic rings. The first-order chi connectivity index (χ1) is 12.6. The van der Waals surface area contributed by atoms with E-state index in [0.29, 0.717) is 29.6 Å². The molecule has 0 unspecified atom stereocenters. The highest BCUT2D eigenvalue weighted by Crippen LogP contribution is 2.35. The van der Waals surface area contributed by atoms with Crippen LogP contribution in [0.3, 0.4) is 0 Å². The van der Waals surface area contributed by atoms with Gasteiger partial charge in [-0.15, -0.1) is 0 Å². The molecular weight excluding hydrogens is 350 g/mol. The average molecular weight is 374 g/mol. The van der Waals surface area contributed by atoms with Gasteiger partial charge in [0.15, 0.2) is 11.6 Å². The Morgan fingerprint density at radius 3 is 2.88 bits per heavy atom. The highest BCUT2D eigenvalue weighted by molar-refractivity contribution is 6.32. The summed E-state index contributed by atoms with van der Waals surface area (Å²) in [7, 11) is 0. The molecule has 0 aliphatic carbocycles. The van der Waals surface area contributed by atoms with Crippen LogP contribution in [0.2, 0.25) is 5.02 Å². The number of aldehydes is 1. The normalized spacial score (nSPS) is 10.3. The lowest BCUT2D eigenvalue weighted by Gasteiger charge is -2.28. The van der Waals surface area contributed by atoms with Crippen LogP contribution < -0.4 is 15.2 Å². The highest BCUT2D eigenvalue weighted by atomic mass is 35.5.